The number of hydrogen-bond donors (Lipinski definition) is 0. The molecular formula is C21H18F3N3O2S. The summed E-state index contributed by atoms with van der Waals surface area (Å²) in [7, 11) is 0. The fourth-order valence-corrected chi connectivity index (χ4v) is 4.42. The number of carbonyl (C=O) groups is 1. The summed E-state index contributed by atoms with van der Waals surface area (Å²) in [6.07, 6.45) is -3.36. The lowest BCUT2D eigenvalue weighted by atomic mass is 10.1. The number of carbonyl (C=O) groups excluding carboxylic acids is 1. The summed E-state index contributed by atoms with van der Waals surface area (Å²) in [4.78, 5) is 18.8. The minimum Gasteiger partial charge on any atom is -0.341 e. The lowest BCUT2D eigenvalue weighted by molar-refractivity contribution is -0.159. The number of nitrogens with zero attached hydrogens (tertiary/aromatic N) is 3. The van der Waals surface area contributed by atoms with E-state index in [9.17, 15) is 18.0 Å². The zero-order chi connectivity index (χ0) is 21.1. The van der Waals surface area contributed by atoms with Gasteiger partial charge >= 0.3 is 12.1 Å². The molecule has 2 heterocycles. The first-order valence-electron chi connectivity index (χ1n) is 9.38. The maximum absolute atomic E-state index is 12.6. The highest BCUT2D eigenvalue weighted by molar-refractivity contribution is 8.00. The Hall–Kier alpha value is -2.81. The van der Waals surface area contributed by atoms with Gasteiger partial charge < -0.3 is 9.42 Å². The highest BCUT2D eigenvalue weighted by Crippen LogP contribution is 2.32. The third kappa shape index (κ3) is 4.84. The van der Waals surface area contributed by atoms with Crippen LogP contribution in [-0.4, -0.2) is 39.3 Å². The Morgan fingerprint density at radius 1 is 1.13 bits per heavy atom. The predicted octanol–water partition coefficient (Wildman–Crippen LogP) is 4.69. The third-order valence-corrected chi connectivity index (χ3v) is 6.04. The van der Waals surface area contributed by atoms with Gasteiger partial charge in [-0.15, -0.1) is 11.8 Å². The van der Waals surface area contributed by atoms with Crippen LogP contribution in [0.15, 0.2) is 64.0 Å². The van der Waals surface area contributed by atoms with Crippen LogP contribution < -0.4 is 0 Å². The lowest BCUT2D eigenvalue weighted by Gasteiger charge is -2.16. The molecule has 4 rings (SSSR count). The van der Waals surface area contributed by atoms with E-state index >= 15 is 0 Å². The van der Waals surface area contributed by atoms with E-state index in [1.165, 1.54) is 0 Å². The van der Waals surface area contributed by atoms with Crippen LogP contribution in [0.2, 0.25) is 0 Å². The molecule has 5 nitrogen and oxygen atoms in total. The predicted molar refractivity (Wildman–Crippen MR) is 106 cm³/mol. The van der Waals surface area contributed by atoms with Crippen molar-refractivity contribution in [3.63, 3.8) is 0 Å². The van der Waals surface area contributed by atoms with Gasteiger partial charge in [-0.25, -0.2) is 0 Å². The summed E-state index contributed by atoms with van der Waals surface area (Å²) in [6, 6.07) is 16.6. The minimum absolute atomic E-state index is 0.0996. The maximum Gasteiger partial charge on any atom is 0.471 e. The molecule has 1 unspecified atom stereocenters. The summed E-state index contributed by atoms with van der Waals surface area (Å²) in [5.41, 5.74) is 1.45. The number of rotatable bonds is 5. The van der Waals surface area contributed by atoms with Crippen molar-refractivity contribution >= 4 is 17.7 Å². The van der Waals surface area contributed by atoms with Crippen LogP contribution in [-0.2, 0) is 17.4 Å². The Labute approximate surface area is 175 Å². The van der Waals surface area contributed by atoms with Crippen molar-refractivity contribution in [2.75, 3.05) is 13.1 Å². The number of amides is 1. The van der Waals surface area contributed by atoms with Gasteiger partial charge in [-0.3, -0.25) is 4.79 Å². The number of likely N-dealkylation sites (tertiary alicyclic amines) is 1. The molecule has 0 spiro atoms. The highest BCUT2D eigenvalue weighted by atomic mass is 32.2. The van der Waals surface area contributed by atoms with Crippen LogP contribution in [0.3, 0.4) is 0 Å². The largest absolute Gasteiger partial charge is 0.471 e. The number of aromatic nitrogens is 2. The van der Waals surface area contributed by atoms with Gasteiger partial charge in [0, 0.05) is 28.8 Å². The highest BCUT2D eigenvalue weighted by Gasteiger charge is 2.38. The molecule has 0 bridgehead atoms. The Morgan fingerprint density at radius 2 is 1.87 bits per heavy atom. The summed E-state index contributed by atoms with van der Waals surface area (Å²) in [6.45, 7) is 1.41. The molecule has 1 aromatic heterocycles. The molecule has 30 heavy (non-hydrogen) atoms. The molecule has 0 aliphatic carbocycles. The quantitative estimate of drug-likeness (QED) is 0.584. The van der Waals surface area contributed by atoms with E-state index in [0.717, 1.165) is 23.4 Å². The summed E-state index contributed by atoms with van der Waals surface area (Å²) in [5, 5.41) is 3.67. The zero-order valence-electron chi connectivity index (χ0n) is 15.8. The van der Waals surface area contributed by atoms with Crippen molar-refractivity contribution < 1.29 is 22.5 Å². The molecule has 1 saturated heterocycles. The standard InChI is InChI=1S/C21H18F3N3O2S/c22-21(23,24)20-25-19(26-29-20)15-6-8-16(9-7-15)30-17-10-11-27(13-17)18(28)12-14-4-2-1-3-5-14/h1-9,17H,10-13H2. The first-order chi connectivity index (χ1) is 14.4. The van der Waals surface area contributed by atoms with Gasteiger partial charge in [-0.1, -0.05) is 35.5 Å². The van der Waals surface area contributed by atoms with Gasteiger partial charge in [0.2, 0.25) is 11.7 Å². The minimum atomic E-state index is -4.66. The molecule has 1 amide bonds. The summed E-state index contributed by atoms with van der Waals surface area (Å²) < 4.78 is 42.0. The van der Waals surface area contributed by atoms with Gasteiger partial charge in [0.25, 0.3) is 0 Å². The molecule has 1 aliphatic heterocycles. The van der Waals surface area contributed by atoms with E-state index in [0.29, 0.717) is 18.5 Å². The van der Waals surface area contributed by atoms with Gasteiger partial charge in [0.15, 0.2) is 0 Å². The fraction of sp³-hybridized carbons (Fsp3) is 0.286. The van der Waals surface area contributed by atoms with E-state index < -0.39 is 12.1 Å². The summed E-state index contributed by atoms with van der Waals surface area (Å²) >= 11 is 1.65. The Bertz CT molecular complexity index is 1010. The molecule has 2 aromatic carbocycles. The smallest absolute Gasteiger partial charge is 0.341 e. The molecule has 0 saturated carbocycles. The molecular weight excluding hydrogens is 415 g/mol. The zero-order valence-corrected chi connectivity index (χ0v) is 16.6. The number of alkyl halides is 3. The molecule has 0 radical (unpaired) electrons. The first-order valence-corrected chi connectivity index (χ1v) is 10.3. The van der Waals surface area contributed by atoms with Crippen molar-refractivity contribution in [1.82, 2.24) is 15.0 Å². The van der Waals surface area contributed by atoms with Crippen molar-refractivity contribution in [1.29, 1.82) is 0 Å². The van der Waals surface area contributed by atoms with Gasteiger partial charge in [0.05, 0.1) is 6.42 Å². The van der Waals surface area contributed by atoms with Crippen molar-refractivity contribution in [2.45, 2.75) is 29.2 Å². The SMILES string of the molecule is O=C(Cc1ccccc1)N1CCC(Sc2ccc(-c3noc(C(F)(F)F)n3)cc2)C1. The van der Waals surface area contributed by atoms with Gasteiger partial charge in [0.1, 0.15) is 0 Å². The molecule has 1 atom stereocenters. The van der Waals surface area contributed by atoms with Crippen molar-refractivity contribution in [2.24, 2.45) is 0 Å². The molecule has 3 aromatic rings. The van der Waals surface area contributed by atoms with Crippen molar-refractivity contribution in [3.05, 3.63) is 66.1 Å². The van der Waals surface area contributed by atoms with E-state index in [4.69, 9.17) is 0 Å². The number of thioether (sulfide) groups is 1. The van der Waals surface area contributed by atoms with Crippen LogP contribution in [0.5, 0.6) is 0 Å². The average Bonchev–Trinajstić information content (AvgIpc) is 3.39. The average molecular weight is 433 g/mol. The maximum atomic E-state index is 12.6. The van der Waals surface area contributed by atoms with Crippen LogP contribution in [0.4, 0.5) is 13.2 Å². The normalized spacial score (nSPS) is 16.8. The van der Waals surface area contributed by atoms with Crippen molar-refractivity contribution in [3.8, 4) is 11.4 Å². The van der Waals surface area contributed by atoms with Crippen LogP contribution >= 0.6 is 11.8 Å². The second kappa shape index (κ2) is 8.51. The van der Waals surface area contributed by atoms with Crippen LogP contribution in [0.25, 0.3) is 11.4 Å². The molecule has 9 heteroatoms. The van der Waals surface area contributed by atoms with E-state index in [-0.39, 0.29) is 17.0 Å². The Balaban J connectivity index is 1.33. The number of hydrogen-bond acceptors (Lipinski definition) is 5. The molecule has 1 fully saturated rings. The lowest BCUT2D eigenvalue weighted by Crippen LogP contribution is -2.30. The van der Waals surface area contributed by atoms with Gasteiger partial charge in [-0.05, 0) is 36.2 Å². The van der Waals surface area contributed by atoms with Crippen LogP contribution in [0, 0.1) is 0 Å². The Kier molecular flexibility index (Phi) is 5.80. The van der Waals surface area contributed by atoms with E-state index in [1.807, 2.05) is 47.4 Å². The molecule has 0 N–H and O–H groups in total. The number of halogens is 3. The monoisotopic (exact) mass is 433 g/mol. The molecule has 1 aliphatic rings. The topological polar surface area (TPSA) is 59.2 Å². The summed E-state index contributed by atoms with van der Waals surface area (Å²) in [5.74, 6) is -1.34. The Morgan fingerprint density at radius 3 is 2.53 bits per heavy atom. The first kappa shape index (κ1) is 20.5. The number of benzene rings is 2. The second-order valence-electron chi connectivity index (χ2n) is 6.98. The van der Waals surface area contributed by atoms with Crippen LogP contribution in [0.1, 0.15) is 17.9 Å². The third-order valence-electron chi connectivity index (χ3n) is 4.78. The molecule has 156 valence electrons. The second-order valence-corrected chi connectivity index (χ2v) is 8.35. The van der Waals surface area contributed by atoms with Gasteiger partial charge in [-0.2, -0.15) is 18.2 Å². The van der Waals surface area contributed by atoms with E-state index in [1.54, 1.807) is 23.9 Å². The fourth-order valence-electron chi connectivity index (χ4n) is 3.26. The van der Waals surface area contributed by atoms with E-state index in [2.05, 4.69) is 14.7 Å².